The molecule has 0 bridgehead atoms. The van der Waals surface area contributed by atoms with Gasteiger partial charge in [0.25, 0.3) is 0 Å². The molecular formula is C21H22ClN5O2S. The molecule has 2 aromatic carbocycles. The zero-order valence-corrected chi connectivity index (χ0v) is 17.9. The Morgan fingerprint density at radius 1 is 1.10 bits per heavy atom. The van der Waals surface area contributed by atoms with Crippen molar-refractivity contribution in [1.82, 2.24) is 19.7 Å². The summed E-state index contributed by atoms with van der Waals surface area (Å²) in [6.45, 7) is 2.49. The fourth-order valence-electron chi connectivity index (χ4n) is 3.42. The van der Waals surface area contributed by atoms with Gasteiger partial charge in [0.15, 0.2) is 5.82 Å². The summed E-state index contributed by atoms with van der Waals surface area (Å²) in [6, 6.07) is 13.9. The van der Waals surface area contributed by atoms with Gasteiger partial charge in [0.05, 0.1) is 17.1 Å². The van der Waals surface area contributed by atoms with Crippen LogP contribution in [0, 0.1) is 0 Å². The van der Waals surface area contributed by atoms with Crippen LogP contribution in [0.25, 0.3) is 5.69 Å². The SMILES string of the molecule is NS(=O)(=O)c1ccc(-n2nc(CN3CC=CCC3)nc2Cc2cccc(Cl)c2)cc1. The fourth-order valence-corrected chi connectivity index (χ4v) is 4.15. The van der Waals surface area contributed by atoms with Gasteiger partial charge in [0.2, 0.25) is 10.0 Å². The summed E-state index contributed by atoms with van der Waals surface area (Å²) in [6.07, 6.45) is 5.90. The van der Waals surface area contributed by atoms with Crippen molar-refractivity contribution in [3.05, 3.63) is 82.9 Å². The quantitative estimate of drug-likeness (QED) is 0.591. The van der Waals surface area contributed by atoms with E-state index in [0.29, 0.717) is 18.0 Å². The molecule has 0 fully saturated rings. The number of halogens is 1. The standard InChI is InChI=1S/C21H22ClN5O2S/c22-17-6-4-5-16(13-17)14-21-24-20(15-26-11-2-1-3-12-26)25-27(21)18-7-9-19(10-8-18)30(23,28)29/h1-2,4-10,13H,3,11-12,14-15H2,(H2,23,28,29). The van der Waals surface area contributed by atoms with E-state index < -0.39 is 10.0 Å². The fraction of sp³-hybridized carbons (Fsp3) is 0.238. The molecule has 0 atom stereocenters. The first-order valence-corrected chi connectivity index (χ1v) is 11.5. The normalized spacial score (nSPS) is 14.9. The van der Waals surface area contributed by atoms with Gasteiger partial charge < -0.3 is 0 Å². The highest BCUT2D eigenvalue weighted by Crippen LogP contribution is 2.19. The Hall–Kier alpha value is -2.52. The number of nitrogens with two attached hydrogens (primary N) is 1. The molecule has 1 aromatic heterocycles. The molecule has 4 rings (SSSR count). The Morgan fingerprint density at radius 2 is 1.90 bits per heavy atom. The summed E-state index contributed by atoms with van der Waals surface area (Å²) in [4.78, 5) is 7.12. The van der Waals surface area contributed by atoms with Gasteiger partial charge in [0.1, 0.15) is 5.82 Å². The van der Waals surface area contributed by atoms with Gasteiger partial charge in [0, 0.05) is 24.5 Å². The molecule has 0 radical (unpaired) electrons. The number of benzene rings is 2. The monoisotopic (exact) mass is 443 g/mol. The van der Waals surface area contributed by atoms with Crippen molar-refractivity contribution in [3.63, 3.8) is 0 Å². The summed E-state index contributed by atoms with van der Waals surface area (Å²) in [5, 5.41) is 10.6. The largest absolute Gasteiger partial charge is 0.292 e. The molecule has 1 aliphatic rings. The second-order valence-corrected chi connectivity index (χ2v) is 9.19. The molecule has 30 heavy (non-hydrogen) atoms. The Balaban J connectivity index is 1.68. The average molecular weight is 444 g/mol. The van der Waals surface area contributed by atoms with Crippen molar-refractivity contribution in [2.45, 2.75) is 24.3 Å². The summed E-state index contributed by atoms with van der Waals surface area (Å²) >= 11 is 6.14. The predicted octanol–water partition coefficient (Wildman–Crippen LogP) is 2.92. The topological polar surface area (TPSA) is 94.1 Å². The van der Waals surface area contributed by atoms with Gasteiger partial charge in [-0.3, -0.25) is 4.90 Å². The Bertz CT molecular complexity index is 1170. The van der Waals surface area contributed by atoms with Gasteiger partial charge >= 0.3 is 0 Å². The summed E-state index contributed by atoms with van der Waals surface area (Å²) < 4.78 is 24.9. The third-order valence-corrected chi connectivity index (χ3v) is 6.05. The number of primary sulfonamides is 1. The van der Waals surface area contributed by atoms with Crippen molar-refractivity contribution in [1.29, 1.82) is 0 Å². The molecular weight excluding hydrogens is 422 g/mol. The van der Waals surface area contributed by atoms with Crippen LogP contribution in [0.1, 0.15) is 23.6 Å². The van der Waals surface area contributed by atoms with E-state index in [4.69, 9.17) is 26.8 Å². The van der Waals surface area contributed by atoms with Crippen LogP contribution in [-0.4, -0.2) is 41.2 Å². The molecule has 2 heterocycles. The highest BCUT2D eigenvalue weighted by Gasteiger charge is 2.16. The lowest BCUT2D eigenvalue weighted by Gasteiger charge is -2.20. The first-order valence-electron chi connectivity index (χ1n) is 9.58. The van der Waals surface area contributed by atoms with Crippen LogP contribution >= 0.6 is 11.6 Å². The smallest absolute Gasteiger partial charge is 0.238 e. The van der Waals surface area contributed by atoms with Crippen molar-refractivity contribution in [2.75, 3.05) is 13.1 Å². The Kier molecular flexibility index (Phi) is 6.01. The first kappa shape index (κ1) is 20.7. The molecule has 0 aliphatic carbocycles. The van der Waals surface area contributed by atoms with Gasteiger partial charge in [-0.15, -0.1) is 5.10 Å². The Morgan fingerprint density at radius 3 is 2.57 bits per heavy atom. The second kappa shape index (κ2) is 8.69. The minimum absolute atomic E-state index is 0.0584. The second-order valence-electron chi connectivity index (χ2n) is 7.20. The number of nitrogens with zero attached hydrogens (tertiary/aromatic N) is 4. The predicted molar refractivity (Wildman–Crippen MR) is 116 cm³/mol. The van der Waals surface area contributed by atoms with Crippen molar-refractivity contribution in [2.24, 2.45) is 5.14 Å². The number of hydrogen-bond acceptors (Lipinski definition) is 5. The van der Waals surface area contributed by atoms with Crippen LogP contribution in [0.3, 0.4) is 0 Å². The molecule has 1 aliphatic heterocycles. The van der Waals surface area contributed by atoms with E-state index >= 15 is 0 Å². The van der Waals surface area contributed by atoms with E-state index in [-0.39, 0.29) is 4.90 Å². The van der Waals surface area contributed by atoms with Crippen LogP contribution < -0.4 is 5.14 Å². The third-order valence-electron chi connectivity index (χ3n) is 4.89. The average Bonchev–Trinajstić information content (AvgIpc) is 3.10. The molecule has 3 aromatic rings. The van der Waals surface area contributed by atoms with Gasteiger partial charge in [-0.25, -0.2) is 23.2 Å². The summed E-state index contributed by atoms with van der Waals surface area (Å²) in [5.74, 6) is 1.47. The third kappa shape index (κ3) is 4.96. The zero-order valence-electron chi connectivity index (χ0n) is 16.3. The lowest BCUT2D eigenvalue weighted by atomic mass is 10.1. The molecule has 0 spiro atoms. The lowest BCUT2D eigenvalue weighted by Crippen LogP contribution is -2.27. The van der Waals surface area contributed by atoms with Crippen LogP contribution in [-0.2, 0) is 23.0 Å². The highest BCUT2D eigenvalue weighted by atomic mass is 35.5. The molecule has 2 N–H and O–H groups in total. The summed E-state index contributed by atoms with van der Waals surface area (Å²) in [5.41, 5.74) is 1.74. The van der Waals surface area contributed by atoms with Gasteiger partial charge in [-0.1, -0.05) is 35.9 Å². The minimum Gasteiger partial charge on any atom is -0.292 e. The van der Waals surface area contributed by atoms with Crippen LogP contribution in [0.4, 0.5) is 0 Å². The number of aromatic nitrogens is 3. The minimum atomic E-state index is -3.75. The Labute approximate surface area is 180 Å². The van der Waals surface area contributed by atoms with Gasteiger partial charge in [-0.2, -0.15) is 0 Å². The van der Waals surface area contributed by atoms with E-state index in [9.17, 15) is 8.42 Å². The van der Waals surface area contributed by atoms with Crippen molar-refractivity contribution in [3.8, 4) is 5.69 Å². The van der Waals surface area contributed by atoms with Crippen LogP contribution in [0.15, 0.2) is 65.6 Å². The maximum Gasteiger partial charge on any atom is 0.238 e. The van der Waals surface area contributed by atoms with Crippen molar-refractivity contribution >= 4 is 21.6 Å². The molecule has 9 heteroatoms. The van der Waals surface area contributed by atoms with Crippen LogP contribution in [0.2, 0.25) is 5.02 Å². The van der Waals surface area contributed by atoms with E-state index in [1.807, 2.05) is 24.3 Å². The lowest BCUT2D eigenvalue weighted by molar-refractivity contribution is 0.283. The maximum atomic E-state index is 11.6. The molecule has 0 amide bonds. The maximum absolute atomic E-state index is 11.6. The first-order chi connectivity index (χ1) is 14.4. The van der Waals surface area contributed by atoms with E-state index in [2.05, 4.69) is 17.1 Å². The number of rotatable bonds is 6. The van der Waals surface area contributed by atoms with E-state index in [1.54, 1.807) is 16.8 Å². The summed E-state index contributed by atoms with van der Waals surface area (Å²) in [7, 11) is -3.75. The molecule has 156 valence electrons. The molecule has 0 unspecified atom stereocenters. The molecule has 0 saturated heterocycles. The van der Waals surface area contributed by atoms with Gasteiger partial charge in [-0.05, 0) is 48.4 Å². The zero-order chi connectivity index (χ0) is 21.1. The van der Waals surface area contributed by atoms with Crippen molar-refractivity contribution < 1.29 is 8.42 Å². The van der Waals surface area contributed by atoms with E-state index in [0.717, 1.165) is 42.4 Å². The molecule has 7 nitrogen and oxygen atoms in total. The number of hydrogen-bond donors (Lipinski definition) is 1. The molecule has 0 saturated carbocycles. The number of sulfonamides is 1. The van der Waals surface area contributed by atoms with E-state index in [1.165, 1.54) is 12.1 Å². The highest BCUT2D eigenvalue weighted by molar-refractivity contribution is 7.89. The van der Waals surface area contributed by atoms with Crippen LogP contribution in [0.5, 0.6) is 0 Å².